The van der Waals surface area contributed by atoms with Gasteiger partial charge in [0.1, 0.15) is 5.69 Å². The summed E-state index contributed by atoms with van der Waals surface area (Å²) in [6.07, 6.45) is 4.04. The zero-order valence-corrected chi connectivity index (χ0v) is 15.9. The van der Waals surface area contributed by atoms with Gasteiger partial charge in [-0.15, -0.1) is 0 Å². The van der Waals surface area contributed by atoms with Gasteiger partial charge in [-0.3, -0.25) is 14.6 Å². The van der Waals surface area contributed by atoms with Crippen LogP contribution in [-0.2, 0) is 11.2 Å². The molecule has 2 amide bonds. The van der Waals surface area contributed by atoms with E-state index in [4.69, 9.17) is 16.9 Å². The second-order valence-corrected chi connectivity index (χ2v) is 8.00. The molecule has 28 heavy (non-hydrogen) atoms. The van der Waals surface area contributed by atoms with Crippen molar-refractivity contribution >= 4 is 29.1 Å². The Bertz CT molecular complexity index is 978. The van der Waals surface area contributed by atoms with Crippen LogP contribution in [0, 0.1) is 23.2 Å². The third-order valence-electron chi connectivity index (χ3n) is 5.62. The normalized spacial score (nSPS) is 24.7. The van der Waals surface area contributed by atoms with E-state index >= 15 is 0 Å². The number of hydrogen-bond acceptors (Lipinski definition) is 4. The Morgan fingerprint density at radius 2 is 2.04 bits per heavy atom. The molecule has 0 unspecified atom stereocenters. The fourth-order valence-corrected chi connectivity index (χ4v) is 4.45. The predicted octanol–water partition coefficient (Wildman–Crippen LogP) is 3.34. The number of hydrogen-bond donors (Lipinski definition) is 2. The molecular formula is C21H19ClN4O2. The first-order chi connectivity index (χ1) is 13.5. The average Bonchev–Trinajstić information content (AvgIpc) is 3.18. The van der Waals surface area contributed by atoms with Crippen LogP contribution >= 0.6 is 11.6 Å². The molecule has 1 aromatic carbocycles. The van der Waals surface area contributed by atoms with Crippen LogP contribution in [0.4, 0.5) is 5.69 Å². The second kappa shape index (κ2) is 7.25. The summed E-state index contributed by atoms with van der Waals surface area (Å²) >= 11 is 6.09. The summed E-state index contributed by atoms with van der Waals surface area (Å²) < 4.78 is 0. The highest BCUT2D eigenvalue weighted by molar-refractivity contribution is 6.31. The number of carbonyl (C=O) groups excluding carboxylic acids is 2. The Morgan fingerprint density at radius 3 is 2.75 bits per heavy atom. The number of nitrogens with zero attached hydrogens (tertiary/aromatic N) is 2. The van der Waals surface area contributed by atoms with Crippen molar-refractivity contribution in [2.75, 3.05) is 5.32 Å². The van der Waals surface area contributed by atoms with E-state index in [9.17, 15) is 9.59 Å². The lowest BCUT2D eigenvalue weighted by molar-refractivity contribution is -0.115. The molecule has 0 aliphatic heterocycles. The lowest BCUT2D eigenvalue weighted by atomic mass is 9.76. The lowest BCUT2D eigenvalue weighted by Crippen LogP contribution is -2.51. The number of benzene rings is 1. The zero-order valence-electron chi connectivity index (χ0n) is 15.1. The van der Waals surface area contributed by atoms with Gasteiger partial charge < -0.3 is 10.6 Å². The largest absolute Gasteiger partial charge is 0.345 e. The molecule has 2 N–H and O–H groups in total. The molecule has 1 atom stereocenters. The highest BCUT2D eigenvalue weighted by Crippen LogP contribution is 2.55. The van der Waals surface area contributed by atoms with Crippen molar-refractivity contribution in [2.45, 2.75) is 31.2 Å². The summed E-state index contributed by atoms with van der Waals surface area (Å²) in [7, 11) is 0. The first-order valence-electron chi connectivity index (χ1n) is 9.19. The molecule has 0 spiro atoms. The lowest BCUT2D eigenvalue weighted by Gasteiger charge is -2.38. The highest BCUT2D eigenvalue weighted by Gasteiger charge is 2.57. The van der Waals surface area contributed by atoms with E-state index in [2.05, 4.69) is 21.7 Å². The van der Waals surface area contributed by atoms with Crippen molar-refractivity contribution in [2.24, 2.45) is 11.8 Å². The van der Waals surface area contributed by atoms with Crippen LogP contribution in [0.3, 0.4) is 0 Å². The summed E-state index contributed by atoms with van der Waals surface area (Å²) in [5.41, 5.74) is 1.21. The molecule has 7 heteroatoms. The number of nitriles is 1. The smallest absolute Gasteiger partial charge is 0.270 e. The van der Waals surface area contributed by atoms with E-state index in [1.54, 1.807) is 24.3 Å². The minimum atomic E-state index is -0.278. The standard InChI is InChI=1S/C21H19ClN4O2/c22-17-4-2-1-3-13(17)7-19(27)25-16-5-6-24-18(8-16)20(28)26-21-9-14(10-21)15(11-21)12-23/h1-6,8,14-15H,7,9-11H2,(H,26,28)(H,24,25,27)/t14?,15-,21?/m1/s1. The first-order valence-corrected chi connectivity index (χ1v) is 9.57. The van der Waals surface area contributed by atoms with E-state index in [1.807, 2.05) is 12.1 Å². The van der Waals surface area contributed by atoms with Gasteiger partial charge in [0.2, 0.25) is 5.91 Å². The fraction of sp³-hybridized carbons (Fsp3) is 0.333. The number of aromatic nitrogens is 1. The molecular weight excluding hydrogens is 376 g/mol. The SMILES string of the molecule is N#C[C@H]1CC2(NC(=O)c3cc(NC(=O)Cc4ccccc4Cl)ccn3)CC1C2. The highest BCUT2D eigenvalue weighted by atomic mass is 35.5. The van der Waals surface area contributed by atoms with Crippen molar-refractivity contribution < 1.29 is 9.59 Å². The third-order valence-corrected chi connectivity index (χ3v) is 5.98. The van der Waals surface area contributed by atoms with E-state index in [0.29, 0.717) is 23.0 Å². The van der Waals surface area contributed by atoms with Gasteiger partial charge in [0.15, 0.2) is 0 Å². The van der Waals surface area contributed by atoms with Gasteiger partial charge in [-0.2, -0.15) is 5.26 Å². The van der Waals surface area contributed by atoms with Crippen LogP contribution in [-0.4, -0.2) is 22.3 Å². The van der Waals surface area contributed by atoms with Gasteiger partial charge in [-0.1, -0.05) is 29.8 Å². The molecule has 1 heterocycles. The third kappa shape index (κ3) is 3.58. The number of pyridine rings is 1. The van der Waals surface area contributed by atoms with Crippen molar-refractivity contribution in [1.82, 2.24) is 10.3 Å². The molecule has 3 aliphatic carbocycles. The molecule has 0 saturated heterocycles. The number of carbonyl (C=O) groups is 2. The molecule has 0 radical (unpaired) electrons. The number of anilines is 1. The van der Waals surface area contributed by atoms with Gasteiger partial charge in [-0.05, 0) is 48.9 Å². The van der Waals surface area contributed by atoms with Gasteiger partial charge in [0.05, 0.1) is 18.4 Å². The van der Waals surface area contributed by atoms with Crippen molar-refractivity contribution in [3.05, 3.63) is 58.9 Å². The van der Waals surface area contributed by atoms with Crippen LogP contribution in [0.15, 0.2) is 42.6 Å². The molecule has 6 nitrogen and oxygen atoms in total. The van der Waals surface area contributed by atoms with Crippen LogP contribution in [0.2, 0.25) is 5.02 Å². The predicted molar refractivity (Wildman–Crippen MR) is 105 cm³/mol. The number of nitrogens with one attached hydrogen (secondary N) is 2. The van der Waals surface area contributed by atoms with Crippen molar-refractivity contribution in [3.8, 4) is 6.07 Å². The van der Waals surface area contributed by atoms with Gasteiger partial charge in [0.25, 0.3) is 5.91 Å². The molecule has 3 fully saturated rings. The summed E-state index contributed by atoms with van der Waals surface area (Å²) in [6, 6.07) is 12.7. The van der Waals surface area contributed by atoms with Crippen molar-refractivity contribution in [3.63, 3.8) is 0 Å². The number of fused-ring (bicyclic) bond motifs is 1. The molecule has 142 valence electrons. The van der Waals surface area contributed by atoms with Crippen LogP contribution in [0.1, 0.15) is 35.3 Å². The Hall–Kier alpha value is -2.91. The molecule has 5 rings (SSSR count). The second-order valence-electron chi connectivity index (χ2n) is 7.59. The monoisotopic (exact) mass is 394 g/mol. The molecule has 2 bridgehead atoms. The number of halogens is 1. The quantitative estimate of drug-likeness (QED) is 0.813. The van der Waals surface area contributed by atoms with Gasteiger partial charge >= 0.3 is 0 Å². The Labute approximate surface area is 167 Å². The number of rotatable bonds is 5. The summed E-state index contributed by atoms with van der Waals surface area (Å²) in [5, 5.41) is 15.5. The minimum absolute atomic E-state index is 0.0312. The van der Waals surface area contributed by atoms with Crippen LogP contribution < -0.4 is 10.6 Å². The fourth-order valence-electron chi connectivity index (χ4n) is 4.24. The van der Waals surface area contributed by atoms with Crippen molar-refractivity contribution in [1.29, 1.82) is 5.26 Å². The average molecular weight is 395 g/mol. The molecule has 1 aromatic heterocycles. The Balaban J connectivity index is 1.39. The maximum atomic E-state index is 12.6. The van der Waals surface area contributed by atoms with Gasteiger partial charge in [-0.25, -0.2) is 0 Å². The zero-order chi connectivity index (χ0) is 19.7. The first kappa shape index (κ1) is 18.5. The van der Waals surface area contributed by atoms with Crippen LogP contribution in [0.5, 0.6) is 0 Å². The van der Waals surface area contributed by atoms with Gasteiger partial charge in [0, 0.05) is 22.4 Å². The maximum Gasteiger partial charge on any atom is 0.270 e. The van der Waals surface area contributed by atoms with E-state index in [1.165, 1.54) is 6.20 Å². The van der Waals surface area contributed by atoms with E-state index < -0.39 is 0 Å². The molecule has 3 aliphatic rings. The molecule has 3 saturated carbocycles. The summed E-state index contributed by atoms with van der Waals surface area (Å²) in [6.45, 7) is 0. The Morgan fingerprint density at radius 1 is 1.25 bits per heavy atom. The minimum Gasteiger partial charge on any atom is -0.345 e. The van der Waals surface area contributed by atoms with E-state index in [-0.39, 0.29) is 35.4 Å². The number of amides is 2. The van der Waals surface area contributed by atoms with Crippen LogP contribution in [0.25, 0.3) is 0 Å². The van der Waals surface area contributed by atoms with E-state index in [0.717, 1.165) is 18.4 Å². The Kier molecular flexibility index (Phi) is 4.78. The maximum absolute atomic E-state index is 12.6. The summed E-state index contributed by atoms with van der Waals surface area (Å²) in [5.74, 6) is -0.0737. The molecule has 2 aromatic rings. The topological polar surface area (TPSA) is 94.9 Å². The summed E-state index contributed by atoms with van der Waals surface area (Å²) in [4.78, 5) is 29.0.